The molecule has 0 radical (unpaired) electrons. The van der Waals surface area contributed by atoms with Gasteiger partial charge in [-0.1, -0.05) is 24.3 Å². The third-order valence-electron chi connectivity index (χ3n) is 3.52. The molecule has 0 aliphatic heterocycles. The number of thiocarbonyl (C=S) groups is 1. The Bertz CT molecular complexity index is 516. The van der Waals surface area contributed by atoms with Gasteiger partial charge < -0.3 is 10.1 Å². The molecule has 5 heteroatoms. The highest BCUT2D eigenvalue weighted by atomic mass is 32.1. The van der Waals surface area contributed by atoms with Crippen molar-refractivity contribution in [3.63, 3.8) is 0 Å². The first-order valence-corrected chi connectivity index (χ1v) is 7.82. The second kappa shape index (κ2) is 8.10. The zero-order valence-corrected chi connectivity index (χ0v) is 13.5. The van der Waals surface area contributed by atoms with Gasteiger partial charge in [0.25, 0.3) is 0 Å². The van der Waals surface area contributed by atoms with Gasteiger partial charge in [0.05, 0.1) is 12.3 Å². The molecule has 0 saturated carbocycles. The monoisotopic (exact) mass is 305 g/mol. The van der Waals surface area contributed by atoms with Crippen LogP contribution in [0.25, 0.3) is 0 Å². The lowest BCUT2D eigenvalue weighted by Gasteiger charge is -2.15. The van der Waals surface area contributed by atoms with Crippen LogP contribution < -0.4 is 10.7 Å². The second-order valence-corrected chi connectivity index (χ2v) is 5.77. The fraction of sp³-hybridized carbons (Fsp3) is 0.500. The summed E-state index contributed by atoms with van der Waals surface area (Å²) in [6.07, 6.45) is 4.49. The summed E-state index contributed by atoms with van der Waals surface area (Å²) in [6, 6.07) is 8.65. The highest BCUT2D eigenvalue weighted by Crippen LogP contribution is 2.20. The lowest BCUT2D eigenvalue weighted by atomic mass is 10.0. The van der Waals surface area contributed by atoms with Crippen molar-refractivity contribution in [1.29, 1.82) is 0 Å². The summed E-state index contributed by atoms with van der Waals surface area (Å²) in [4.78, 5) is 0. The van der Waals surface area contributed by atoms with Crippen LogP contribution in [0.3, 0.4) is 0 Å². The van der Waals surface area contributed by atoms with Crippen molar-refractivity contribution in [2.45, 2.75) is 38.6 Å². The zero-order valence-electron chi connectivity index (χ0n) is 12.7. The molecule has 1 atom stereocenters. The van der Waals surface area contributed by atoms with Crippen LogP contribution in [0.1, 0.15) is 37.3 Å². The van der Waals surface area contributed by atoms with Gasteiger partial charge >= 0.3 is 0 Å². The van der Waals surface area contributed by atoms with Gasteiger partial charge in [0.15, 0.2) is 5.11 Å². The number of hydrazone groups is 1. The van der Waals surface area contributed by atoms with Gasteiger partial charge in [0.2, 0.25) is 0 Å². The maximum atomic E-state index is 5.26. The Morgan fingerprint density at radius 2 is 2.10 bits per heavy atom. The SMILES string of the molecule is COC[C@@H](C)NC(=S)N/N=C1/CCCCc2ccccc21. The van der Waals surface area contributed by atoms with Gasteiger partial charge in [0, 0.05) is 18.7 Å². The Morgan fingerprint density at radius 1 is 1.33 bits per heavy atom. The van der Waals surface area contributed by atoms with Gasteiger partial charge in [-0.15, -0.1) is 0 Å². The molecule has 1 aromatic rings. The highest BCUT2D eigenvalue weighted by molar-refractivity contribution is 7.80. The van der Waals surface area contributed by atoms with E-state index < -0.39 is 0 Å². The minimum atomic E-state index is 0.164. The maximum Gasteiger partial charge on any atom is 0.187 e. The molecule has 4 nitrogen and oxygen atoms in total. The molecule has 21 heavy (non-hydrogen) atoms. The Kier molecular flexibility index (Phi) is 6.14. The minimum Gasteiger partial charge on any atom is -0.383 e. The first-order chi connectivity index (χ1) is 10.2. The number of fused-ring (bicyclic) bond motifs is 1. The first kappa shape index (κ1) is 15.9. The molecular weight excluding hydrogens is 282 g/mol. The van der Waals surface area contributed by atoms with E-state index in [0.29, 0.717) is 11.7 Å². The van der Waals surface area contributed by atoms with Crippen LogP contribution >= 0.6 is 12.2 Å². The van der Waals surface area contributed by atoms with Crippen LogP contribution in [-0.4, -0.2) is 30.6 Å². The highest BCUT2D eigenvalue weighted by Gasteiger charge is 2.13. The predicted octanol–water partition coefficient (Wildman–Crippen LogP) is 2.62. The Hall–Kier alpha value is -1.46. The quantitative estimate of drug-likeness (QED) is 0.510. The number of ether oxygens (including phenoxy) is 1. The van der Waals surface area contributed by atoms with Crippen LogP contribution in [0, 0.1) is 0 Å². The van der Waals surface area contributed by atoms with E-state index in [2.05, 4.69) is 40.1 Å². The maximum absolute atomic E-state index is 5.26. The van der Waals surface area contributed by atoms with E-state index in [1.807, 2.05) is 6.92 Å². The molecule has 0 aromatic heterocycles. The minimum absolute atomic E-state index is 0.164. The Labute approximate surface area is 132 Å². The molecule has 0 saturated heterocycles. The van der Waals surface area contributed by atoms with E-state index in [1.165, 1.54) is 17.5 Å². The normalized spacial score (nSPS) is 17.7. The van der Waals surface area contributed by atoms with E-state index in [0.717, 1.165) is 25.0 Å². The number of nitrogens with zero attached hydrogens (tertiary/aromatic N) is 1. The summed E-state index contributed by atoms with van der Waals surface area (Å²) in [7, 11) is 1.68. The summed E-state index contributed by atoms with van der Waals surface area (Å²) >= 11 is 5.26. The molecule has 2 N–H and O–H groups in total. The lowest BCUT2D eigenvalue weighted by Crippen LogP contribution is -2.40. The fourth-order valence-electron chi connectivity index (χ4n) is 2.54. The van der Waals surface area contributed by atoms with E-state index in [1.54, 1.807) is 7.11 Å². The van der Waals surface area contributed by atoms with Crippen molar-refractivity contribution in [3.05, 3.63) is 35.4 Å². The van der Waals surface area contributed by atoms with E-state index >= 15 is 0 Å². The van der Waals surface area contributed by atoms with Crippen molar-refractivity contribution in [3.8, 4) is 0 Å². The number of aryl methyl sites for hydroxylation is 1. The van der Waals surface area contributed by atoms with Crippen molar-refractivity contribution in [2.24, 2.45) is 5.10 Å². The van der Waals surface area contributed by atoms with Crippen LogP contribution in [0.4, 0.5) is 0 Å². The molecular formula is C16H23N3OS. The van der Waals surface area contributed by atoms with Crippen LogP contribution in [0.5, 0.6) is 0 Å². The summed E-state index contributed by atoms with van der Waals surface area (Å²) in [6.45, 7) is 2.63. The van der Waals surface area contributed by atoms with Gasteiger partial charge in [0.1, 0.15) is 0 Å². The molecule has 0 unspecified atom stereocenters. The summed E-state index contributed by atoms with van der Waals surface area (Å²) in [5.41, 5.74) is 6.68. The predicted molar refractivity (Wildman–Crippen MR) is 90.7 cm³/mol. The molecule has 0 fully saturated rings. The Balaban J connectivity index is 2.02. The fourth-order valence-corrected chi connectivity index (χ4v) is 2.79. The zero-order chi connectivity index (χ0) is 15.1. The number of hydrogen-bond acceptors (Lipinski definition) is 3. The molecule has 0 spiro atoms. The van der Waals surface area contributed by atoms with Crippen molar-refractivity contribution < 1.29 is 4.74 Å². The molecule has 114 valence electrons. The Morgan fingerprint density at radius 3 is 2.90 bits per heavy atom. The number of benzene rings is 1. The summed E-state index contributed by atoms with van der Waals surface area (Å²) in [5, 5.41) is 8.20. The number of methoxy groups -OCH3 is 1. The van der Waals surface area contributed by atoms with Crippen LogP contribution in [0.2, 0.25) is 0 Å². The molecule has 1 aliphatic rings. The van der Waals surface area contributed by atoms with E-state index in [4.69, 9.17) is 17.0 Å². The summed E-state index contributed by atoms with van der Waals surface area (Å²) < 4.78 is 5.08. The van der Waals surface area contributed by atoms with Crippen molar-refractivity contribution in [1.82, 2.24) is 10.7 Å². The molecule has 0 heterocycles. The average molecular weight is 305 g/mol. The van der Waals surface area contributed by atoms with Gasteiger partial charge in [-0.3, -0.25) is 5.43 Å². The molecule has 1 aliphatic carbocycles. The van der Waals surface area contributed by atoms with Gasteiger partial charge in [-0.2, -0.15) is 5.10 Å². The third-order valence-corrected chi connectivity index (χ3v) is 3.73. The van der Waals surface area contributed by atoms with Gasteiger partial charge in [-0.05, 0) is 50.4 Å². The molecule has 0 bridgehead atoms. The molecule has 2 rings (SSSR count). The lowest BCUT2D eigenvalue weighted by molar-refractivity contribution is 0.179. The smallest absolute Gasteiger partial charge is 0.187 e. The van der Waals surface area contributed by atoms with Crippen molar-refractivity contribution in [2.75, 3.05) is 13.7 Å². The summed E-state index contributed by atoms with van der Waals surface area (Å²) in [5.74, 6) is 0. The van der Waals surface area contributed by atoms with Crippen molar-refractivity contribution >= 4 is 23.0 Å². The number of rotatable bonds is 4. The molecule has 1 aromatic carbocycles. The van der Waals surface area contributed by atoms with Crippen LogP contribution in [-0.2, 0) is 11.2 Å². The number of nitrogens with one attached hydrogen (secondary N) is 2. The topological polar surface area (TPSA) is 45.6 Å². The van der Waals surface area contributed by atoms with Gasteiger partial charge in [-0.25, -0.2) is 0 Å². The largest absolute Gasteiger partial charge is 0.383 e. The van der Waals surface area contributed by atoms with E-state index in [9.17, 15) is 0 Å². The van der Waals surface area contributed by atoms with Crippen LogP contribution in [0.15, 0.2) is 29.4 Å². The first-order valence-electron chi connectivity index (χ1n) is 7.41. The number of hydrogen-bond donors (Lipinski definition) is 2. The second-order valence-electron chi connectivity index (χ2n) is 5.36. The standard InChI is InChI=1S/C16H23N3OS/c1-12(11-20-2)17-16(21)19-18-15-10-6-4-8-13-7-3-5-9-14(13)15/h3,5,7,9,12H,4,6,8,10-11H2,1-2H3,(H2,17,19,21)/b18-15-/t12-/m1/s1. The third kappa shape index (κ3) is 4.79. The average Bonchev–Trinajstić information content (AvgIpc) is 2.67. The molecule has 0 amide bonds. The van der Waals surface area contributed by atoms with E-state index in [-0.39, 0.29) is 6.04 Å².